The van der Waals surface area contributed by atoms with E-state index < -0.39 is 34.9 Å². The van der Waals surface area contributed by atoms with Crippen molar-refractivity contribution in [3.05, 3.63) is 70.3 Å². The van der Waals surface area contributed by atoms with Crippen LogP contribution in [0.5, 0.6) is 0 Å². The number of benzene rings is 2. The molecule has 0 aliphatic carbocycles. The lowest BCUT2D eigenvalue weighted by atomic mass is 10.0. The minimum absolute atomic E-state index is 0.0641. The predicted molar refractivity (Wildman–Crippen MR) is 126 cm³/mol. The number of nitro benzene ring substituents is 1. The van der Waals surface area contributed by atoms with Gasteiger partial charge in [0.15, 0.2) is 0 Å². The normalized spacial score (nSPS) is 16.5. The van der Waals surface area contributed by atoms with Crippen LogP contribution < -0.4 is 16.8 Å². The van der Waals surface area contributed by atoms with Gasteiger partial charge >= 0.3 is 5.97 Å². The van der Waals surface area contributed by atoms with Crippen LogP contribution in [0, 0.1) is 10.1 Å². The first-order valence-electron chi connectivity index (χ1n) is 10.7. The molecule has 11 heteroatoms. The molecule has 0 spiro atoms. The van der Waals surface area contributed by atoms with E-state index in [0.29, 0.717) is 31.5 Å². The lowest BCUT2D eigenvalue weighted by molar-refractivity contribution is -0.384. The molecule has 6 N–H and O–H groups in total. The number of aliphatic carboxylic acids is 1. The van der Waals surface area contributed by atoms with E-state index in [-0.39, 0.29) is 11.6 Å². The molecule has 3 rings (SSSR count). The number of hydrogen-bond donors (Lipinski definition) is 4. The number of carbonyl (C=O) groups excluding carboxylic acids is 2. The van der Waals surface area contributed by atoms with Gasteiger partial charge in [-0.3, -0.25) is 19.7 Å². The maximum Gasteiger partial charge on any atom is 0.326 e. The van der Waals surface area contributed by atoms with Gasteiger partial charge in [-0.25, -0.2) is 4.79 Å². The van der Waals surface area contributed by atoms with Gasteiger partial charge in [-0.2, -0.15) is 0 Å². The van der Waals surface area contributed by atoms with Crippen LogP contribution in [-0.2, 0) is 20.8 Å². The first-order valence-corrected chi connectivity index (χ1v) is 10.7. The molecule has 2 unspecified atom stereocenters. The van der Waals surface area contributed by atoms with E-state index in [0.717, 1.165) is 5.56 Å². The summed E-state index contributed by atoms with van der Waals surface area (Å²) < 4.78 is 0. The van der Waals surface area contributed by atoms with E-state index in [1.807, 2.05) is 30.3 Å². The van der Waals surface area contributed by atoms with Gasteiger partial charge in [0, 0.05) is 30.8 Å². The summed E-state index contributed by atoms with van der Waals surface area (Å²) in [6.07, 6.45) is 1.36. The van der Waals surface area contributed by atoms with Crippen LogP contribution in [-0.4, -0.2) is 57.4 Å². The zero-order chi connectivity index (χ0) is 25.3. The van der Waals surface area contributed by atoms with Gasteiger partial charge in [0.2, 0.25) is 11.8 Å². The standard InChI is InChI=1S/C17H23N3O4.C6H6N2O2/c1-11(18)15(21)19-13(10-12-6-3-2-4-7-12)16(22)20-9-5-8-14(20)17(23)24;7-5-1-3-6(4-2-5)8(9)10/h2-4,6-7,11,13-14H,5,8-10,18H2,1H3,(H,19,21)(H,23,24);1-4H,7H2/t11?,13?,14-;/m0./s1. The number of carbonyl (C=O) groups is 3. The highest BCUT2D eigenvalue weighted by Crippen LogP contribution is 2.19. The lowest BCUT2D eigenvalue weighted by Gasteiger charge is -2.28. The molecule has 2 aromatic rings. The molecule has 0 saturated carbocycles. The Labute approximate surface area is 196 Å². The molecule has 1 heterocycles. The van der Waals surface area contributed by atoms with E-state index in [4.69, 9.17) is 11.5 Å². The first-order chi connectivity index (χ1) is 16.1. The Morgan fingerprint density at radius 1 is 1.18 bits per heavy atom. The molecule has 0 bridgehead atoms. The number of nitrogens with two attached hydrogens (primary N) is 2. The van der Waals surface area contributed by atoms with Crippen LogP contribution >= 0.6 is 0 Å². The summed E-state index contributed by atoms with van der Waals surface area (Å²) in [5.74, 6) is -1.83. The highest BCUT2D eigenvalue weighted by molar-refractivity contribution is 5.92. The maximum atomic E-state index is 12.8. The molecule has 0 aromatic heterocycles. The predicted octanol–water partition coefficient (Wildman–Crippen LogP) is 1.31. The minimum Gasteiger partial charge on any atom is -0.480 e. The summed E-state index contributed by atoms with van der Waals surface area (Å²) in [5, 5.41) is 22.0. The number of nitrogens with zero attached hydrogens (tertiary/aromatic N) is 2. The number of nitrogen functional groups attached to an aromatic ring is 1. The second-order valence-corrected chi connectivity index (χ2v) is 7.92. The largest absolute Gasteiger partial charge is 0.480 e. The van der Waals surface area contributed by atoms with Crippen LogP contribution in [0.15, 0.2) is 54.6 Å². The van der Waals surface area contributed by atoms with Crippen molar-refractivity contribution in [3.63, 3.8) is 0 Å². The van der Waals surface area contributed by atoms with Gasteiger partial charge in [-0.15, -0.1) is 0 Å². The summed E-state index contributed by atoms with van der Waals surface area (Å²) in [7, 11) is 0. The Balaban J connectivity index is 0.000000340. The molecule has 2 aromatic carbocycles. The molecule has 182 valence electrons. The number of anilines is 1. The molecular weight excluding hydrogens is 442 g/mol. The van der Waals surface area contributed by atoms with Crippen molar-refractivity contribution in [1.82, 2.24) is 10.2 Å². The van der Waals surface area contributed by atoms with E-state index in [1.165, 1.54) is 36.1 Å². The molecule has 1 aliphatic heterocycles. The number of rotatable bonds is 7. The number of non-ortho nitro benzene ring substituents is 1. The number of amides is 2. The van der Waals surface area contributed by atoms with Crippen molar-refractivity contribution in [2.75, 3.05) is 12.3 Å². The summed E-state index contributed by atoms with van der Waals surface area (Å²) in [6, 6.07) is 12.6. The van der Waals surface area contributed by atoms with Crippen molar-refractivity contribution >= 4 is 29.2 Å². The van der Waals surface area contributed by atoms with Crippen molar-refractivity contribution < 1.29 is 24.4 Å². The average molecular weight is 472 g/mol. The van der Waals surface area contributed by atoms with Gasteiger partial charge in [-0.05, 0) is 37.5 Å². The molecular formula is C23H29N5O6. The first kappa shape index (κ1) is 26.3. The molecule has 3 atom stereocenters. The number of carboxylic acid groups (broad SMARTS) is 1. The Morgan fingerprint density at radius 3 is 2.32 bits per heavy atom. The van der Waals surface area contributed by atoms with Gasteiger partial charge in [0.05, 0.1) is 11.0 Å². The average Bonchev–Trinajstić information content (AvgIpc) is 3.30. The topological polar surface area (TPSA) is 182 Å². The smallest absolute Gasteiger partial charge is 0.326 e. The molecule has 1 fully saturated rings. The summed E-state index contributed by atoms with van der Waals surface area (Å²) in [6.45, 7) is 1.92. The minimum atomic E-state index is -1.02. The molecule has 1 saturated heterocycles. The van der Waals surface area contributed by atoms with Gasteiger partial charge in [0.25, 0.3) is 5.69 Å². The fraction of sp³-hybridized carbons (Fsp3) is 0.348. The zero-order valence-electron chi connectivity index (χ0n) is 18.8. The molecule has 2 amide bonds. The fourth-order valence-electron chi connectivity index (χ4n) is 3.44. The second-order valence-electron chi connectivity index (χ2n) is 7.92. The summed E-state index contributed by atoms with van der Waals surface area (Å²) >= 11 is 0. The Kier molecular flexibility index (Phi) is 9.50. The lowest BCUT2D eigenvalue weighted by Crippen LogP contribution is -2.54. The quantitative estimate of drug-likeness (QED) is 0.265. The third kappa shape index (κ3) is 7.55. The SMILES string of the molecule is CC(N)C(=O)NC(Cc1ccccc1)C(=O)N1CCC[C@H]1C(=O)O.Nc1ccc([N+](=O)[O-])cc1. The van der Waals surface area contributed by atoms with Gasteiger partial charge < -0.3 is 26.8 Å². The van der Waals surface area contributed by atoms with Gasteiger partial charge in [0.1, 0.15) is 12.1 Å². The highest BCUT2D eigenvalue weighted by Gasteiger charge is 2.37. The molecule has 11 nitrogen and oxygen atoms in total. The monoisotopic (exact) mass is 471 g/mol. The Hall–Kier alpha value is -3.99. The van der Waals surface area contributed by atoms with Gasteiger partial charge in [-0.1, -0.05) is 30.3 Å². The van der Waals surface area contributed by atoms with E-state index >= 15 is 0 Å². The number of likely N-dealkylation sites (tertiary alicyclic amines) is 1. The van der Waals surface area contributed by atoms with Crippen molar-refractivity contribution in [2.45, 2.75) is 44.3 Å². The number of nitro groups is 1. The van der Waals surface area contributed by atoms with Crippen molar-refractivity contribution in [3.8, 4) is 0 Å². The van der Waals surface area contributed by atoms with Crippen LogP contribution in [0.1, 0.15) is 25.3 Å². The molecule has 1 aliphatic rings. The van der Waals surface area contributed by atoms with Crippen LogP contribution in [0.3, 0.4) is 0 Å². The number of hydrogen-bond acceptors (Lipinski definition) is 7. The third-order valence-corrected chi connectivity index (χ3v) is 5.24. The third-order valence-electron chi connectivity index (χ3n) is 5.24. The number of carboxylic acids is 1. The highest BCUT2D eigenvalue weighted by atomic mass is 16.6. The maximum absolute atomic E-state index is 12.8. The zero-order valence-corrected chi connectivity index (χ0v) is 18.8. The summed E-state index contributed by atoms with van der Waals surface area (Å²) in [5.41, 5.74) is 12.4. The molecule has 0 radical (unpaired) electrons. The molecule has 34 heavy (non-hydrogen) atoms. The summed E-state index contributed by atoms with van der Waals surface area (Å²) in [4.78, 5) is 47.1. The fourth-order valence-corrected chi connectivity index (χ4v) is 3.44. The van der Waals surface area contributed by atoms with E-state index in [1.54, 1.807) is 0 Å². The Morgan fingerprint density at radius 2 is 1.79 bits per heavy atom. The van der Waals surface area contributed by atoms with Crippen molar-refractivity contribution in [2.24, 2.45) is 5.73 Å². The van der Waals surface area contributed by atoms with Crippen molar-refractivity contribution in [1.29, 1.82) is 0 Å². The second kappa shape index (κ2) is 12.3. The number of nitrogens with one attached hydrogen (secondary N) is 1. The van der Waals surface area contributed by atoms with Crippen LogP contribution in [0.2, 0.25) is 0 Å². The Bertz CT molecular complexity index is 997. The van der Waals surface area contributed by atoms with E-state index in [9.17, 15) is 29.6 Å². The van der Waals surface area contributed by atoms with E-state index in [2.05, 4.69) is 5.32 Å². The van der Waals surface area contributed by atoms with Crippen LogP contribution in [0.25, 0.3) is 0 Å². The van der Waals surface area contributed by atoms with Crippen LogP contribution in [0.4, 0.5) is 11.4 Å².